The highest BCUT2D eigenvalue weighted by molar-refractivity contribution is 5.93. The highest BCUT2D eigenvalue weighted by atomic mass is 19.4. The molecule has 0 bridgehead atoms. The van der Waals surface area contributed by atoms with Gasteiger partial charge in [0.05, 0.1) is 6.61 Å². The fraction of sp³-hybridized carbons (Fsp3) is 0.174. The first-order valence-corrected chi connectivity index (χ1v) is 10.6. The topological polar surface area (TPSA) is 132 Å². The molecule has 1 aromatic carbocycles. The molecule has 3 aromatic heterocycles. The van der Waals surface area contributed by atoms with E-state index in [0.29, 0.717) is 11.3 Å². The third kappa shape index (κ3) is 4.72. The lowest BCUT2D eigenvalue weighted by atomic mass is 9.81. The molecule has 0 saturated carbocycles. The number of alkyl halides is 3. The zero-order chi connectivity index (χ0) is 26.2. The summed E-state index contributed by atoms with van der Waals surface area (Å²) in [4.78, 5) is 35.2. The maximum Gasteiger partial charge on any atom is 0.573 e. The lowest BCUT2D eigenvalue weighted by molar-refractivity contribution is -0.275. The van der Waals surface area contributed by atoms with Crippen LogP contribution in [0.2, 0.25) is 0 Å². The Morgan fingerprint density at radius 2 is 2.00 bits per heavy atom. The SMILES string of the molecule is O=C(N[C@]1(c2ccc(OC(F)(F)F)c(F)c2)CCOc2cccnc21)c1ccc(-c2noc(=O)[nH]2)cn1. The second kappa shape index (κ2) is 9.04. The fourth-order valence-electron chi connectivity index (χ4n) is 3.99. The van der Waals surface area contributed by atoms with E-state index in [4.69, 9.17) is 4.74 Å². The molecule has 0 radical (unpaired) electrons. The van der Waals surface area contributed by atoms with Crippen LogP contribution in [0.15, 0.2) is 64.2 Å². The van der Waals surface area contributed by atoms with E-state index in [9.17, 15) is 27.2 Å². The normalized spacial score (nSPS) is 17.0. The number of H-pyrrole nitrogens is 1. The number of rotatable bonds is 5. The van der Waals surface area contributed by atoms with E-state index in [1.807, 2.05) is 0 Å². The Balaban J connectivity index is 1.53. The van der Waals surface area contributed by atoms with Crippen molar-refractivity contribution in [2.75, 3.05) is 6.61 Å². The number of carbonyl (C=O) groups excluding carboxylic acids is 1. The van der Waals surface area contributed by atoms with Crippen LogP contribution in [0.3, 0.4) is 0 Å². The first-order valence-electron chi connectivity index (χ1n) is 10.6. The molecule has 1 aliphatic rings. The second-order valence-electron chi connectivity index (χ2n) is 7.88. The van der Waals surface area contributed by atoms with Gasteiger partial charge in [0.25, 0.3) is 5.91 Å². The number of aromatic amines is 1. The van der Waals surface area contributed by atoms with Gasteiger partial charge >= 0.3 is 12.1 Å². The molecular formula is C23H15F4N5O5. The summed E-state index contributed by atoms with van der Waals surface area (Å²) < 4.78 is 66.4. The molecule has 10 nitrogen and oxygen atoms in total. The zero-order valence-electron chi connectivity index (χ0n) is 18.5. The van der Waals surface area contributed by atoms with E-state index in [0.717, 1.165) is 12.1 Å². The summed E-state index contributed by atoms with van der Waals surface area (Å²) in [6.07, 6.45) is -2.27. The molecule has 0 saturated heterocycles. The number of benzene rings is 1. The summed E-state index contributed by atoms with van der Waals surface area (Å²) in [5.74, 6) is -3.33. The molecule has 1 amide bonds. The van der Waals surface area contributed by atoms with Crippen molar-refractivity contribution in [2.45, 2.75) is 18.3 Å². The first kappa shape index (κ1) is 24.0. The smallest absolute Gasteiger partial charge is 0.491 e. The number of nitrogens with zero attached hydrogens (tertiary/aromatic N) is 3. The van der Waals surface area contributed by atoms with E-state index in [-0.39, 0.29) is 35.8 Å². The van der Waals surface area contributed by atoms with Gasteiger partial charge in [-0.25, -0.2) is 9.18 Å². The number of fused-ring (bicyclic) bond motifs is 1. The summed E-state index contributed by atoms with van der Waals surface area (Å²) in [7, 11) is 0. The number of aromatic nitrogens is 4. The molecular weight excluding hydrogens is 502 g/mol. The van der Waals surface area contributed by atoms with E-state index >= 15 is 0 Å². The molecule has 14 heteroatoms. The van der Waals surface area contributed by atoms with E-state index in [1.54, 1.807) is 12.1 Å². The number of halogens is 4. The van der Waals surface area contributed by atoms with Crippen molar-refractivity contribution in [2.24, 2.45) is 0 Å². The minimum Gasteiger partial charge on any atom is -0.491 e. The third-order valence-electron chi connectivity index (χ3n) is 5.60. The van der Waals surface area contributed by atoms with Crippen LogP contribution in [0, 0.1) is 5.82 Å². The standard InChI is InChI=1S/C23H15F4N5O5/c24-14-10-13(4-6-16(14)36-23(25,26)27)22(7-9-35-17-2-1-8-28-18(17)22)31-20(33)15-5-3-12(11-29-15)19-30-21(34)37-32-19/h1-6,8,10-11H,7,9H2,(H,31,33)(H,30,32,34)/t22-/m0/s1. The van der Waals surface area contributed by atoms with Gasteiger partial charge < -0.3 is 14.8 Å². The number of hydrogen-bond acceptors (Lipinski definition) is 8. The maximum absolute atomic E-state index is 14.7. The van der Waals surface area contributed by atoms with Gasteiger partial charge in [0.15, 0.2) is 17.4 Å². The number of ether oxygens (including phenoxy) is 2. The van der Waals surface area contributed by atoms with Crippen molar-refractivity contribution in [3.8, 4) is 22.9 Å². The minimum absolute atomic E-state index is 0.0459. The van der Waals surface area contributed by atoms with Crippen LogP contribution >= 0.6 is 0 Å². The first-order chi connectivity index (χ1) is 17.6. The average molecular weight is 517 g/mol. The summed E-state index contributed by atoms with van der Waals surface area (Å²) in [6.45, 7) is 0.0906. The van der Waals surface area contributed by atoms with Crippen molar-refractivity contribution >= 4 is 5.91 Å². The number of amides is 1. The lowest BCUT2D eigenvalue weighted by Crippen LogP contribution is -2.50. The molecule has 5 rings (SSSR count). The highest BCUT2D eigenvalue weighted by Gasteiger charge is 2.43. The van der Waals surface area contributed by atoms with Crippen molar-refractivity contribution in [3.63, 3.8) is 0 Å². The Morgan fingerprint density at radius 3 is 2.68 bits per heavy atom. The number of hydrogen-bond donors (Lipinski definition) is 2. The Labute approximate surface area is 204 Å². The molecule has 4 aromatic rings. The Kier molecular flexibility index (Phi) is 5.85. The molecule has 0 fully saturated rings. The number of carbonyl (C=O) groups is 1. The molecule has 190 valence electrons. The molecule has 0 aliphatic carbocycles. The average Bonchev–Trinajstić information content (AvgIpc) is 3.31. The Morgan fingerprint density at radius 1 is 1.16 bits per heavy atom. The van der Waals surface area contributed by atoms with Crippen LogP contribution < -0.4 is 20.5 Å². The van der Waals surface area contributed by atoms with E-state index in [1.165, 1.54) is 30.6 Å². The maximum atomic E-state index is 14.7. The largest absolute Gasteiger partial charge is 0.573 e. The molecule has 1 atom stereocenters. The van der Waals surface area contributed by atoms with Gasteiger partial charge in [-0.2, -0.15) is 0 Å². The van der Waals surface area contributed by atoms with Crippen LogP contribution in [-0.4, -0.2) is 39.0 Å². The van der Waals surface area contributed by atoms with Gasteiger partial charge in [0, 0.05) is 24.4 Å². The minimum atomic E-state index is -5.09. The Hall–Kier alpha value is -4.75. The van der Waals surface area contributed by atoms with Crippen LogP contribution in [-0.2, 0) is 5.54 Å². The fourth-order valence-corrected chi connectivity index (χ4v) is 3.99. The summed E-state index contributed by atoms with van der Waals surface area (Å²) >= 11 is 0. The summed E-state index contributed by atoms with van der Waals surface area (Å²) in [5.41, 5.74) is -0.794. The van der Waals surface area contributed by atoms with Crippen LogP contribution in [0.4, 0.5) is 17.6 Å². The quantitative estimate of drug-likeness (QED) is 0.386. The van der Waals surface area contributed by atoms with Crippen molar-refractivity contribution < 1.29 is 36.4 Å². The molecule has 0 unspecified atom stereocenters. The molecule has 4 heterocycles. The monoisotopic (exact) mass is 517 g/mol. The molecule has 0 spiro atoms. The summed E-state index contributed by atoms with van der Waals surface area (Å²) in [6, 6.07) is 8.94. The number of nitrogens with one attached hydrogen (secondary N) is 2. The predicted octanol–water partition coefficient (Wildman–Crippen LogP) is 3.31. The zero-order valence-corrected chi connectivity index (χ0v) is 18.5. The Bertz CT molecular complexity index is 1520. The van der Waals surface area contributed by atoms with Crippen LogP contribution in [0.25, 0.3) is 11.4 Å². The van der Waals surface area contributed by atoms with Gasteiger partial charge in [0.2, 0.25) is 0 Å². The number of pyridine rings is 2. The second-order valence-corrected chi connectivity index (χ2v) is 7.88. The third-order valence-corrected chi connectivity index (χ3v) is 5.60. The predicted molar refractivity (Wildman–Crippen MR) is 116 cm³/mol. The van der Waals surface area contributed by atoms with E-state index < -0.39 is 35.1 Å². The van der Waals surface area contributed by atoms with Crippen molar-refractivity contribution in [1.82, 2.24) is 25.4 Å². The van der Waals surface area contributed by atoms with Crippen molar-refractivity contribution in [1.29, 1.82) is 0 Å². The highest BCUT2D eigenvalue weighted by Crippen LogP contribution is 2.42. The van der Waals surface area contributed by atoms with Gasteiger partial charge in [-0.1, -0.05) is 11.2 Å². The molecule has 37 heavy (non-hydrogen) atoms. The van der Waals surface area contributed by atoms with Gasteiger partial charge in [-0.3, -0.25) is 24.3 Å². The van der Waals surface area contributed by atoms with Crippen molar-refractivity contribution in [3.05, 3.63) is 88.2 Å². The summed E-state index contributed by atoms with van der Waals surface area (Å²) in [5, 5.41) is 6.36. The van der Waals surface area contributed by atoms with Gasteiger partial charge in [0.1, 0.15) is 22.7 Å². The molecule has 2 N–H and O–H groups in total. The lowest BCUT2D eigenvalue weighted by Gasteiger charge is -2.39. The molecule has 1 aliphatic heterocycles. The van der Waals surface area contributed by atoms with E-state index in [2.05, 4.69) is 34.7 Å². The van der Waals surface area contributed by atoms with Crippen LogP contribution in [0.1, 0.15) is 28.2 Å². The van der Waals surface area contributed by atoms with Gasteiger partial charge in [-0.05, 0) is 42.0 Å². The van der Waals surface area contributed by atoms with Gasteiger partial charge in [-0.15, -0.1) is 13.2 Å². The van der Waals surface area contributed by atoms with Crippen LogP contribution in [0.5, 0.6) is 11.5 Å².